The van der Waals surface area contributed by atoms with E-state index in [0.717, 1.165) is 17.0 Å². The van der Waals surface area contributed by atoms with Crippen molar-refractivity contribution in [1.29, 1.82) is 0 Å². The number of hydrogen-bond donors (Lipinski definition) is 2. The fourth-order valence-electron chi connectivity index (χ4n) is 3.19. The second kappa shape index (κ2) is 10.2. The number of thiophene rings is 1. The van der Waals surface area contributed by atoms with Gasteiger partial charge in [-0.05, 0) is 25.1 Å². The molecule has 1 aliphatic rings. The second-order valence-corrected chi connectivity index (χ2v) is 8.27. The average molecular weight is 459 g/mol. The Morgan fingerprint density at radius 3 is 2.50 bits per heavy atom. The van der Waals surface area contributed by atoms with Gasteiger partial charge in [0.2, 0.25) is 0 Å². The monoisotopic (exact) mass is 458 g/mol. The van der Waals surface area contributed by atoms with Gasteiger partial charge in [-0.1, -0.05) is 0 Å². The quantitative estimate of drug-likeness (QED) is 0.638. The minimum absolute atomic E-state index is 0.171. The van der Waals surface area contributed by atoms with Crippen LogP contribution in [0.5, 0.6) is 0 Å². The molecule has 4 amide bonds. The first-order chi connectivity index (χ1) is 15.4. The summed E-state index contributed by atoms with van der Waals surface area (Å²) >= 11 is 1.10. The van der Waals surface area contributed by atoms with Crippen LogP contribution in [0.2, 0.25) is 0 Å². The molecule has 1 aliphatic heterocycles. The number of aldehydes is 1. The number of urea groups is 1. The predicted molar refractivity (Wildman–Crippen MR) is 123 cm³/mol. The van der Waals surface area contributed by atoms with E-state index < -0.39 is 0 Å². The Labute approximate surface area is 190 Å². The van der Waals surface area contributed by atoms with Crippen molar-refractivity contribution in [2.75, 3.05) is 57.0 Å². The van der Waals surface area contributed by atoms with Crippen molar-refractivity contribution in [1.82, 2.24) is 20.1 Å². The van der Waals surface area contributed by atoms with Gasteiger partial charge in [-0.3, -0.25) is 19.7 Å². The maximum atomic E-state index is 13.0. The van der Waals surface area contributed by atoms with Gasteiger partial charge in [0.05, 0.1) is 16.8 Å². The first kappa shape index (κ1) is 23.2. The number of carbonyl (C=O) groups is 4. The SMILES string of the molecule is CCN(C)C(=O)Nc1sc(C(=O)N2CCN(c3ccc(C(=O)NC)nc3)CC2)cc1C=O. The Bertz CT molecular complexity index is 998. The molecule has 170 valence electrons. The summed E-state index contributed by atoms with van der Waals surface area (Å²) in [7, 11) is 3.21. The number of carbonyl (C=O) groups excluding carboxylic acids is 4. The molecule has 0 unspecified atom stereocenters. The molecule has 2 N–H and O–H groups in total. The fourth-order valence-corrected chi connectivity index (χ4v) is 4.18. The van der Waals surface area contributed by atoms with Crippen LogP contribution in [0.1, 0.15) is 37.4 Å². The Kier molecular flexibility index (Phi) is 7.41. The molecule has 0 spiro atoms. The van der Waals surface area contributed by atoms with E-state index in [-0.39, 0.29) is 23.4 Å². The topological polar surface area (TPSA) is 115 Å². The summed E-state index contributed by atoms with van der Waals surface area (Å²) in [6.45, 7) is 4.60. The molecule has 0 aromatic carbocycles. The Hall–Kier alpha value is -3.47. The minimum Gasteiger partial charge on any atom is -0.367 e. The third-order valence-corrected chi connectivity index (χ3v) is 6.33. The van der Waals surface area contributed by atoms with Gasteiger partial charge >= 0.3 is 6.03 Å². The smallest absolute Gasteiger partial charge is 0.322 e. The molecule has 32 heavy (non-hydrogen) atoms. The van der Waals surface area contributed by atoms with Crippen LogP contribution in [0.4, 0.5) is 15.5 Å². The van der Waals surface area contributed by atoms with E-state index in [2.05, 4.69) is 20.5 Å². The van der Waals surface area contributed by atoms with E-state index in [4.69, 9.17) is 0 Å². The molecule has 0 bridgehead atoms. The zero-order valence-electron chi connectivity index (χ0n) is 18.3. The average Bonchev–Trinajstić information content (AvgIpc) is 3.25. The molecule has 2 aromatic heterocycles. The van der Waals surface area contributed by atoms with Crippen LogP contribution in [-0.4, -0.2) is 85.7 Å². The van der Waals surface area contributed by atoms with Crippen molar-refractivity contribution in [3.8, 4) is 0 Å². The first-order valence-electron chi connectivity index (χ1n) is 10.2. The van der Waals surface area contributed by atoms with E-state index in [9.17, 15) is 19.2 Å². The largest absolute Gasteiger partial charge is 0.367 e. The normalized spacial score (nSPS) is 13.5. The van der Waals surface area contributed by atoms with Crippen LogP contribution >= 0.6 is 11.3 Å². The highest BCUT2D eigenvalue weighted by molar-refractivity contribution is 7.18. The van der Waals surface area contributed by atoms with E-state index in [1.807, 2.05) is 13.0 Å². The van der Waals surface area contributed by atoms with E-state index in [1.165, 1.54) is 11.0 Å². The molecule has 3 heterocycles. The van der Waals surface area contributed by atoms with Crippen molar-refractivity contribution in [3.05, 3.63) is 40.5 Å². The van der Waals surface area contributed by atoms with Crippen LogP contribution in [0.25, 0.3) is 0 Å². The molecule has 0 radical (unpaired) electrons. The summed E-state index contributed by atoms with van der Waals surface area (Å²) in [4.78, 5) is 58.0. The summed E-state index contributed by atoms with van der Waals surface area (Å²) < 4.78 is 0. The highest BCUT2D eigenvalue weighted by Crippen LogP contribution is 2.29. The Morgan fingerprint density at radius 1 is 1.22 bits per heavy atom. The molecular weight excluding hydrogens is 432 g/mol. The number of piperazine rings is 1. The zero-order valence-corrected chi connectivity index (χ0v) is 19.1. The lowest BCUT2D eigenvalue weighted by molar-refractivity contribution is 0.0751. The number of amides is 4. The highest BCUT2D eigenvalue weighted by Gasteiger charge is 2.25. The molecule has 2 aromatic rings. The summed E-state index contributed by atoms with van der Waals surface area (Å²) in [5.41, 5.74) is 1.52. The number of pyridine rings is 1. The Balaban J connectivity index is 1.63. The van der Waals surface area contributed by atoms with Gasteiger partial charge < -0.3 is 20.0 Å². The van der Waals surface area contributed by atoms with Crippen LogP contribution in [-0.2, 0) is 0 Å². The van der Waals surface area contributed by atoms with Crippen molar-refractivity contribution in [2.45, 2.75) is 6.92 Å². The Morgan fingerprint density at radius 2 is 1.94 bits per heavy atom. The summed E-state index contributed by atoms with van der Waals surface area (Å²) in [6, 6.07) is 4.70. The molecule has 11 heteroatoms. The lowest BCUT2D eigenvalue weighted by Crippen LogP contribution is -2.48. The van der Waals surface area contributed by atoms with Gasteiger partial charge in [0.25, 0.3) is 11.8 Å². The third kappa shape index (κ3) is 5.05. The molecule has 0 atom stereocenters. The first-order valence-corrected chi connectivity index (χ1v) is 11.0. The van der Waals surface area contributed by atoms with E-state index in [0.29, 0.717) is 54.6 Å². The van der Waals surface area contributed by atoms with Crippen molar-refractivity contribution < 1.29 is 19.2 Å². The summed E-state index contributed by atoms with van der Waals surface area (Å²) in [6.07, 6.45) is 2.29. The van der Waals surface area contributed by atoms with Crippen LogP contribution in [0.3, 0.4) is 0 Å². The van der Waals surface area contributed by atoms with Crippen LogP contribution in [0.15, 0.2) is 24.4 Å². The number of nitrogens with zero attached hydrogens (tertiary/aromatic N) is 4. The molecule has 3 rings (SSSR count). The number of aromatic nitrogens is 1. The number of hydrogen-bond acceptors (Lipinski definition) is 7. The lowest BCUT2D eigenvalue weighted by Gasteiger charge is -2.35. The minimum atomic E-state index is -0.332. The predicted octanol–water partition coefficient (Wildman–Crippen LogP) is 1.76. The lowest BCUT2D eigenvalue weighted by atomic mass is 10.2. The third-order valence-electron chi connectivity index (χ3n) is 5.28. The van der Waals surface area contributed by atoms with Gasteiger partial charge in [-0.2, -0.15) is 0 Å². The molecule has 1 fully saturated rings. The molecule has 0 aliphatic carbocycles. The number of rotatable bonds is 6. The van der Waals surface area contributed by atoms with Gasteiger partial charge in [0, 0.05) is 52.4 Å². The number of anilines is 2. The van der Waals surface area contributed by atoms with Crippen molar-refractivity contribution >= 4 is 46.2 Å². The van der Waals surface area contributed by atoms with Gasteiger partial charge in [-0.25, -0.2) is 9.78 Å². The van der Waals surface area contributed by atoms with Crippen molar-refractivity contribution in [2.24, 2.45) is 0 Å². The molecular formula is C21H26N6O4S. The highest BCUT2D eigenvalue weighted by atomic mass is 32.1. The van der Waals surface area contributed by atoms with E-state index in [1.54, 1.807) is 31.3 Å². The zero-order chi connectivity index (χ0) is 23.3. The van der Waals surface area contributed by atoms with Gasteiger partial charge in [0.15, 0.2) is 6.29 Å². The fraction of sp³-hybridized carbons (Fsp3) is 0.381. The van der Waals surface area contributed by atoms with Gasteiger partial charge in [-0.15, -0.1) is 11.3 Å². The van der Waals surface area contributed by atoms with Crippen LogP contribution in [0, 0.1) is 0 Å². The second-order valence-electron chi connectivity index (χ2n) is 7.22. The van der Waals surface area contributed by atoms with Gasteiger partial charge in [0.1, 0.15) is 10.7 Å². The molecule has 10 nitrogen and oxygen atoms in total. The standard InChI is InChI=1S/C21H26N6O4S/c1-4-25(3)21(31)24-19-14(13-28)11-17(32-19)20(30)27-9-7-26(8-10-27)15-5-6-16(23-12-15)18(29)22-2/h5-6,11-13H,4,7-10H2,1-3H3,(H,22,29)(H,24,31). The maximum Gasteiger partial charge on any atom is 0.322 e. The van der Waals surface area contributed by atoms with Crippen LogP contribution < -0.4 is 15.5 Å². The molecule has 1 saturated heterocycles. The summed E-state index contributed by atoms with van der Waals surface area (Å²) in [5, 5.41) is 5.60. The summed E-state index contributed by atoms with van der Waals surface area (Å²) in [5.74, 6) is -0.412. The number of nitrogens with one attached hydrogen (secondary N) is 2. The van der Waals surface area contributed by atoms with Crippen molar-refractivity contribution in [3.63, 3.8) is 0 Å². The van der Waals surface area contributed by atoms with E-state index >= 15 is 0 Å². The maximum absolute atomic E-state index is 13.0. The molecule has 0 saturated carbocycles.